The molecular formula is C17H19N5O2S. The van der Waals surface area contributed by atoms with Gasteiger partial charge in [-0.1, -0.05) is 0 Å². The molecule has 0 aliphatic carbocycles. The fraction of sp³-hybridized carbons (Fsp3) is 0.353. The summed E-state index contributed by atoms with van der Waals surface area (Å²) in [5.74, 6) is 2.91. The van der Waals surface area contributed by atoms with Gasteiger partial charge in [0.15, 0.2) is 11.4 Å². The van der Waals surface area contributed by atoms with E-state index in [4.69, 9.17) is 4.42 Å². The number of rotatable bonds is 4. The van der Waals surface area contributed by atoms with Gasteiger partial charge in [-0.2, -0.15) is 11.8 Å². The maximum Gasteiger partial charge on any atom is 0.289 e. The molecule has 130 valence electrons. The van der Waals surface area contributed by atoms with Gasteiger partial charge in [-0.3, -0.25) is 4.79 Å². The lowest BCUT2D eigenvalue weighted by Gasteiger charge is -2.34. The van der Waals surface area contributed by atoms with Gasteiger partial charge in [0, 0.05) is 38.6 Å². The summed E-state index contributed by atoms with van der Waals surface area (Å²) < 4.78 is 7.41. The number of piperazine rings is 1. The van der Waals surface area contributed by atoms with E-state index in [9.17, 15) is 4.79 Å². The molecule has 1 aliphatic rings. The highest BCUT2D eigenvalue weighted by Crippen LogP contribution is 2.18. The lowest BCUT2D eigenvalue weighted by Crippen LogP contribution is -2.49. The number of aromatic nitrogens is 3. The molecule has 0 N–H and O–H groups in total. The molecule has 7 nitrogen and oxygen atoms in total. The zero-order valence-electron chi connectivity index (χ0n) is 14.0. The van der Waals surface area contributed by atoms with Gasteiger partial charge in [0.1, 0.15) is 11.6 Å². The van der Waals surface area contributed by atoms with Crippen LogP contribution in [0, 0.1) is 0 Å². The molecule has 3 aromatic heterocycles. The van der Waals surface area contributed by atoms with Crippen LogP contribution in [0.2, 0.25) is 0 Å². The first-order chi connectivity index (χ1) is 12.2. The van der Waals surface area contributed by atoms with E-state index in [1.54, 1.807) is 28.5 Å². The predicted octanol–water partition coefficient (Wildman–Crippen LogP) is 2.15. The molecule has 1 saturated heterocycles. The largest absolute Gasteiger partial charge is 0.455 e. The number of imidazole rings is 1. The monoisotopic (exact) mass is 357 g/mol. The molecule has 0 spiro atoms. The third-order valence-corrected chi connectivity index (χ3v) is 4.86. The number of carbonyl (C=O) groups is 1. The van der Waals surface area contributed by atoms with Crippen LogP contribution in [-0.4, -0.2) is 57.8 Å². The first-order valence-electron chi connectivity index (χ1n) is 8.17. The topological polar surface area (TPSA) is 66.9 Å². The molecule has 0 unspecified atom stereocenters. The fourth-order valence-corrected chi connectivity index (χ4v) is 3.42. The maximum absolute atomic E-state index is 12.6. The second-order valence-corrected chi connectivity index (χ2v) is 6.77. The van der Waals surface area contributed by atoms with Crippen LogP contribution in [0.4, 0.5) is 5.82 Å². The van der Waals surface area contributed by atoms with Crippen molar-refractivity contribution in [2.75, 3.05) is 37.3 Å². The highest BCUT2D eigenvalue weighted by Gasteiger charge is 2.25. The van der Waals surface area contributed by atoms with Crippen LogP contribution in [0.3, 0.4) is 0 Å². The average Bonchev–Trinajstić information content (AvgIpc) is 3.30. The van der Waals surface area contributed by atoms with Crippen LogP contribution in [0.25, 0.3) is 5.65 Å². The summed E-state index contributed by atoms with van der Waals surface area (Å²) >= 11 is 1.68. The Hall–Kier alpha value is -2.48. The Bertz CT molecular complexity index is 882. The minimum Gasteiger partial charge on any atom is -0.455 e. The van der Waals surface area contributed by atoms with Crippen molar-refractivity contribution in [1.82, 2.24) is 19.5 Å². The number of fused-ring (bicyclic) bond motifs is 1. The van der Waals surface area contributed by atoms with E-state index in [0.717, 1.165) is 36.1 Å². The van der Waals surface area contributed by atoms with Crippen molar-refractivity contribution >= 4 is 29.1 Å². The van der Waals surface area contributed by atoms with Gasteiger partial charge < -0.3 is 14.2 Å². The number of furan rings is 1. The Morgan fingerprint density at radius 2 is 2.04 bits per heavy atom. The molecule has 1 fully saturated rings. The molecule has 0 saturated carbocycles. The number of nitrogens with zero attached hydrogens (tertiary/aromatic N) is 5. The molecule has 3 aromatic rings. The third kappa shape index (κ3) is 3.21. The number of hydrogen-bond acceptors (Lipinski definition) is 6. The summed E-state index contributed by atoms with van der Waals surface area (Å²) in [7, 11) is 0. The van der Waals surface area contributed by atoms with E-state index >= 15 is 0 Å². The van der Waals surface area contributed by atoms with Gasteiger partial charge in [0.05, 0.1) is 5.75 Å². The standard InChI is InChI=1S/C17H19N5O2S/c1-25-12-13-2-3-14(24-13)17(23)21-10-8-20(9-11-21)16-5-4-15-18-6-7-22(15)19-16/h2-7H,8-12H2,1H3. The second-order valence-electron chi connectivity index (χ2n) is 5.90. The molecule has 4 rings (SSSR count). The lowest BCUT2D eigenvalue weighted by molar-refractivity contribution is 0.0713. The van der Waals surface area contributed by atoms with E-state index in [1.807, 2.05) is 35.6 Å². The summed E-state index contributed by atoms with van der Waals surface area (Å²) in [5, 5.41) is 4.57. The highest BCUT2D eigenvalue weighted by molar-refractivity contribution is 7.97. The van der Waals surface area contributed by atoms with E-state index < -0.39 is 0 Å². The Morgan fingerprint density at radius 1 is 1.20 bits per heavy atom. The summed E-state index contributed by atoms with van der Waals surface area (Å²) in [6.45, 7) is 2.80. The molecule has 0 atom stereocenters. The summed E-state index contributed by atoms with van der Waals surface area (Å²) in [4.78, 5) is 20.8. The van der Waals surface area contributed by atoms with Crippen LogP contribution in [0.1, 0.15) is 16.3 Å². The molecule has 0 radical (unpaired) electrons. The highest BCUT2D eigenvalue weighted by atomic mass is 32.2. The van der Waals surface area contributed by atoms with E-state index in [1.165, 1.54) is 0 Å². The smallest absolute Gasteiger partial charge is 0.289 e. The minimum atomic E-state index is -0.0370. The Balaban J connectivity index is 1.40. The van der Waals surface area contributed by atoms with Gasteiger partial charge in [0.2, 0.25) is 0 Å². The lowest BCUT2D eigenvalue weighted by atomic mass is 10.3. The normalized spacial score (nSPS) is 15.1. The van der Waals surface area contributed by atoms with Gasteiger partial charge >= 0.3 is 0 Å². The molecule has 4 heterocycles. The fourth-order valence-electron chi connectivity index (χ4n) is 2.98. The van der Waals surface area contributed by atoms with Gasteiger partial charge in [-0.15, -0.1) is 5.10 Å². The first-order valence-corrected chi connectivity index (χ1v) is 9.56. The Morgan fingerprint density at radius 3 is 2.84 bits per heavy atom. The quantitative estimate of drug-likeness (QED) is 0.713. The Labute approximate surface area is 149 Å². The number of thioether (sulfide) groups is 1. The van der Waals surface area contributed by atoms with E-state index in [2.05, 4.69) is 15.0 Å². The van der Waals surface area contributed by atoms with Crippen LogP contribution < -0.4 is 4.90 Å². The van der Waals surface area contributed by atoms with Crippen molar-refractivity contribution < 1.29 is 9.21 Å². The molecular weight excluding hydrogens is 338 g/mol. The van der Waals surface area contributed by atoms with Crippen LogP contribution in [0.5, 0.6) is 0 Å². The van der Waals surface area contributed by atoms with Crippen molar-refractivity contribution in [3.05, 3.63) is 48.2 Å². The Kier molecular flexibility index (Phi) is 4.35. The average molecular weight is 357 g/mol. The molecule has 8 heteroatoms. The number of hydrogen-bond donors (Lipinski definition) is 0. The molecule has 0 bridgehead atoms. The minimum absolute atomic E-state index is 0.0370. The van der Waals surface area contributed by atoms with Gasteiger partial charge in [-0.05, 0) is 30.5 Å². The molecule has 1 amide bonds. The summed E-state index contributed by atoms with van der Waals surface area (Å²) in [6.07, 6.45) is 5.58. The molecule has 0 aromatic carbocycles. The number of anilines is 1. The predicted molar refractivity (Wildman–Crippen MR) is 97.0 cm³/mol. The van der Waals surface area contributed by atoms with Crippen molar-refractivity contribution in [2.24, 2.45) is 0 Å². The number of carbonyl (C=O) groups excluding carboxylic acids is 1. The summed E-state index contributed by atoms with van der Waals surface area (Å²) in [5.41, 5.74) is 0.830. The van der Waals surface area contributed by atoms with Crippen molar-refractivity contribution in [3.8, 4) is 0 Å². The van der Waals surface area contributed by atoms with Gasteiger partial charge in [-0.25, -0.2) is 9.50 Å². The van der Waals surface area contributed by atoms with E-state index in [-0.39, 0.29) is 5.91 Å². The first kappa shape index (κ1) is 16.0. The zero-order valence-corrected chi connectivity index (χ0v) is 14.8. The summed E-state index contributed by atoms with van der Waals surface area (Å²) in [6, 6.07) is 7.58. The van der Waals surface area contributed by atoms with Crippen LogP contribution >= 0.6 is 11.8 Å². The van der Waals surface area contributed by atoms with E-state index in [0.29, 0.717) is 18.8 Å². The van der Waals surface area contributed by atoms with Crippen LogP contribution in [0.15, 0.2) is 41.1 Å². The third-order valence-electron chi connectivity index (χ3n) is 4.29. The number of amides is 1. The van der Waals surface area contributed by atoms with Crippen molar-refractivity contribution in [1.29, 1.82) is 0 Å². The zero-order chi connectivity index (χ0) is 17.2. The molecule has 1 aliphatic heterocycles. The van der Waals surface area contributed by atoms with Gasteiger partial charge in [0.25, 0.3) is 5.91 Å². The van der Waals surface area contributed by atoms with Crippen LogP contribution in [-0.2, 0) is 5.75 Å². The van der Waals surface area contributed by atoms with Crippen molar-refractivity contribution in [2.45, 2.75) is 5.75 Å². The maximum atomic E-state index is 12.6. The second kappa shape index (κ2) is 6.79. The van der Waals surface area contributed by atoms with Crippen molar-refractivity contribution in [3.63, 3.8) is 0 Å². The molecule has 25 heavy (non-hydrogen) atoms. The SMILES string of the molecule is CSCc1ccc(C(=O)N2CCN(c3ccc4nccn4n3)CC2)o1.